The van der Waals surface area contributed by atoms with E-state index in [1.54, 1.807) is 18.3 Å². The Morgan fingerprint density at radius 3 is 2.24 bits per heavy atom. The zero-order valence-corrected chi connectivity index (χ0v) is 16.5. The quantitative estimate of drug-likeness (QED) is 0.531. The maximum absolute atomic E-state index is 12.8. The summed E-state index contributed by atoms with van der Waals surface area (Å²) in [4.78, 5) is 12.9. The van der Waals surface area contributed by atoms with Gasteiger partial charge in [-0.3, -0.25) is 4.57 Å². The van der Waals surface area contributed by atoms with Crippen LogP contribution in [-0.4, -0.2) is 26.1 Å². The summed E-state index contributed by atoms with van der Waals surface area (Å²) >= 11 is 0. The van der Waals surface area contributed by atoms with Crippen molar-refractivity contribution in [3.8, 4) is 11.1 Å². The van der Waals surface area contributed by atoms with Crippen LogP contribution in [0.5, 0.6) is 0 Å². The van der Waals surface area contributed by atoms with Crippen LogP contribution in [0.2, 0.25) is 0 Å². The van der Waals surface area contributed by atoms with E-state index in [1.807, 2.05) is 54.6 Å². The van der Waals surface area contributed by atoms with Crippen molar-refractivity contribution in [1.82, 2.24) is 9.29 Å². The monoisotopic (exact) mass is 405 g/mol. The fraction of sp³-hybridized carbons (Fsp3) is 0.0455. The number of aromatic nitrogens is 1. The molecule has 0 bridgehead atoms. The average Bonchev–Trinajstić information content (AvgIpc) is 3.18. The SMILES string of the molecule is CNS(=O)(=O)c1ccc2ccn(C(=O)Nc3ccc(-c4ccccc4)cc3)c2c1. The highest BCUT2D eigenvalue weighted by Gasteiger charge is 2.15. The molecule has 0 unspecified atom stereocenters. The lowest BCUT2D eigenvalue weighted by Crippen LogP contribution is -2.20. The molecule has 0 saturated heterocycles. The smallest absolute Gasteiger partial charge is 0.307 e. The van der Waals surface area contributed by atoms with Gasteiger partial charge in [-0.2, -0.15) is 0 Å². The molecule has 1 heterocycles. The topological polar surface area (TPSA) is 80.2 Å². The molecule has 146 valence electrons. The Kier molecular flexibility index (Phi) is 4.92. The molecule has 1 amide bonds. The van der Waals surface area contributed by atoms with Crippen molar-refractivity contribution >= 4 is 32.6 Å². The van der Waals surface area contributed by atoms with Gasteiger partial charge in [0.2, 0.25) is 10.0 Å². The molecule has 29 heavy (non-hydrogen) atoms. The van der Waals surface area contributed by atoms with E-state index in [0.29, 0.717) is 11.2 Å². The van der Waals surface area contributed by atoms with Crippen molar-refractivity contribution in [1.29, 1.82) is 0 Å². The Balaban J connectivity index is 1.60. The van der Waals surface area contributed by atoms with Gasteiger partial charge in [-0.15, -0.1) is 0 Å². The van der Waals surface area contributed by atoms with E-state index in [9.17, 15) is 13.2 Å². The molecule has 0 fully saturated rings. The first-order valence-electron chi connectivity index (χ1n) is 8.99. The molecular weight excluding hydrogens is 386 g/mol. The van der Waals surface area contributed by atoms with Crippen LogP contribution in [0.15, 0.2) is 90.0 Å². The molecule has 6 nitrogen and oxygen atoms in total. The number of fused-ring (bicyclic) bond motifs is 1. The number of rotatable bonds is 4. The summed E-state index contributed by atoms with van der Waals surface area (Å²) in [6, 6.07) is 23.6. The average molecular weight is 405 g/mol. The lowest BCUT2D eigenvalue weighted by Gasteiger charge is -2.09. The first kappa shape index (κ1) is 18.9. The number of carbonyl (C=O) groups excluding carboxylic acids is 1. The van der Waals surface area contributed by atoms with Gasteiger partial charge in [0.15, 0.2) is 0 Å². The highest BCUT2D eigenvalue weighted by atomic mass is 32.2. The van der Waals surface area contributed by atoms with Gasteiger partial charge in [-0.05, 0) is 48.5 Å². The van der Waals surface area contributed by atoms with Crippen LogP contribution in [0.25, 0.3) is 22.0 Å². The fourth-order valence-corrected chi connectivity index (χ4v) is 3.88. The van der Waals surface area contributed by atoms with E-state index >= 15 is 0 Å². The van der Waals surface area contributed by atoms with Crippen LogP contribution in [-0.2, 0) is 10.0 Å². The van der Waals surface area contributed by atoms with Crippen LogP contribution < -0.4 is 10.0 Å². The summed E-state index contributed by atoms with van der Waals surface area (Å²) in [5.74, 6) is 0. The van der Waals surface area contributed by atoms with E-state index in [1.165, 1.54) is 23.7 Å². The molecular formula is C22H19N3O3S. The highest BCUT2D eigenvalue weighted by Crippen LogP contribution is 2.23. The van der Waals surface area contributed by atoms with Crippen molar-refractivity contribution in [2.75, 3.05) is 12.4 Å². The molecule has 4 aromatic rings. The van der Waals surface area contributed by atoms with E-state index in [4.69, 9.17) is 0 Å². The molecule has 0 aliphatic rings. The summed E-state index contributed by atoms with van der Waals surface area (Å²) in [5, 5.41) is 3.62. The molecule has 0 saturated carbocycles. The zero-order valence-electron chi connectivity index (χ0n) is 15.7. The number of hydrogen-bond acceptors (Lipinski definition) is 3. The fourth-order valence-electron chi connectivity index (χ4n) is 3.13. The summed E-state index contributed by atoms with van der Waals surface area (Å²) in [7, 11) is -2.24. The van der Waals surface area contributed by atoms with Crippen LogP contribution in [0.3, 0.4) is 0 Å². The lowest BCUT2D eigenvalue weighted by molar-refractivity contribution is 0.254. The van der Waals surface area contributed by atoms with Gasteiger partial charge < -0.3 is 5.32 Å². The van der Waals surface area contributed by atoms with Crippen molar-refractivity contribution in [3.63, 3.8) is 0 Å². The number of nitrogens with one attached hydrogen (secondary N) is 2. The Morgan fingerprint density at radius 1 is 0.862 bits per heavy atom. The van der Waals surface area contributed by atoms with E-state index in [-0.39, 0.29) is 10.9 Å². The standard InChI is InChI=1S/C22H19N3O3S/c1-23-29(27,28)20-12-9-18-13-14-25(21(18)15-20)22(26)24-19-10-7-17(8-11-19)16-5-3-2-4-6-16/h2-15,23H,1H3,(H,24,26). The van der Waals surface area contributed by atoms with Gasteiger partial charge in [0.1, 0.15) is 0 Å². The third-order valence-corrected chi connectivity index (χ3v) is 6.12. The minimum atomic E-state index is -3.60. The van der Waals surface area contributed by atoms with E-state index in [2.05, 4.69) is 10.0 Å². The Bertz CT molecular complexity index is 1280. The van der Waals surface area contributed by atoms with Gasteiger partial charge in [0.05, 0.1) is 10.4 Å². The van der Waals surface area contributed by atoms with Crippen molar-refractivity contribution in [3.05, 3.63) is 85.1 Å². The predicted octanol–water partition coefficient (Wildman–Crippen LogP) is 4.30. The summed E-state index contributed by atoms with van der Waals surface area (Å²) < 4.78 is 27.8. The minimum absolute atomic E-state index is 0.104. The van der Waals surface area contributed by atoms with Crippen molar-refractivity contribution < 1.29 is 13.2 Å². The zero-order chi connectivity index (χ0) is 20.4. The Hall–Kier alpha value is -3.42. The molecule has 7 heteroatoms. The first-order valence-corrected chi connectivity index (χ1v) is 10.5. The molecule has 0 atom stereocenters. The van der Waals surface area contributed by atoms with Crippen molar-refractivity contribution in [2.45, 2.75) is 4.90 Å². The molecule has 4 rings (SSSR count). The highest BCUT2D eigenvalue weighted by molar-refractivity contribution is 7.89. The van der Waals surface area contributed by atoms with Crippen molar-refractivity contribution in [2.24, 2.45) is 0 Å². The maximum Gasteiger partial charge on any atom is 0.330 e. The number of hydrogen-bond donors (Lipinski definition) is 2. The van der Waals surface area contributed by atoms with Crippen LogP contribution in [0, 0.1) is 0 Å². The molecule has 0 radical (unpaired) electrons. The van der Waals surface area contributed by atoms with Gasteiger partial charge in [0.25, 0.3) is 0 Å². The number of nitrogens with zero attached hydrogens (tertiary/aromatic N) is 1. The molecule has 0 spiro atoms. The third kappa shape index (κ3) is 3.78. The normalized spacial score (nSPS) is 11.5. The van der Waals surface area contributed by atoms with Gasteiger partial charge in [0, 0.05) is 17.3 Å². The number of sulfonamides is 1. The Labute approximate surface area is 168 Å². The molecule has 3 aromatic carbocycles. The summed E-state index contributed by atoms with van der Waals surface area (Å²) in [6.45, 7) is 0. The van der Waals surface area contributed by atoms with E-state index < -0.39 is 10.0 Å². The second-order valence-electron chi connectivity index (χ2n) is 6.49. The number of anilines is 1. The number of benzene rings is 3. The van der Waals surface area contributed by atoms with Gasteiger partial charge in [-0.1, -0.05) is 48.5 Å². The molecule has 1 aromatic heterocycles. The second-order valence-corrected chi connectivity index (χ2v) is 8.37. The van der Waals surface area contributed by atoms with E-state index in [0.717, 1.165) is 16.5 Å². The Morgan fingerprint density at radius 2 is 1.55 bits per heavy atom. The largest absolute Gasteiger partial charge is 0.330 e. The van der Waals surface area contributed by atoms with Crippen LogP contribution in [0.1, 0.15) is 0 Å². The molecule has 0 aliphatic heterocycles. The second kappa shape index (κ2) is 7.54. The van der Waals surface area contributed by atoms with Gasteiger partial charge >= 0.3 is 6.03 Å². The summed E-state index contributed by atoms with van der Waals surface area (Å²) in [5.41, 5.74) is 3.31. The summed E-state index contributed by atoms with van der Waals surface area (Å²) in [6.07, 6.45) is 1.62. The third-order valence-electron chi connectivity index (χ3n) is 4.71. The minimum Gasteiger partial charge on any atom is -0.307 e. The number of carbonyl (C=O) groups is 1. The number of amides is 1. The first-order chi connectivity index (χ1) is 14.0. The maximum atomic E-state index is 12.8. The van der Waals surface area contributed by atoms with Crippen LogP contribution >= 0.6 is 0 Å². The van der Waals surface area contributed by atoms with Crippen LogP contribution in [0.4, 0.5) is 10.5 Å². The molecule has 2 N–H and O–H groups in total. The lowest BCUT2D eigenvalue weighted by atomic mass is 10.1. The molecule has 0 aliphatic carbocycles. The predicted molar refractivity (Wildman–Crippen MR) is 114 cm³/mol. The van der Waals surface area contributed by atoms with Gasteiger partial charge in [-0.25, -0.2) is 17.9 Å².